The van der Waals surface area contributed by atoms with Crippen LogP contribution in [-0.2, 0) is 4.79 Å². The topological polar surface area (TPSA) is 66.8 Å². The summed E-state index contributed by atoms with van der Waals surface area (Å²) in [6.07, 6.45) is 0. The van der Waals surface area contributed by atoms with Gasteiger partial charge >= 0.3 is 5.97 Å². The van der Waals surface area contributed by atoms with E-state index in [4.69, 9.17) is 9.84 Å². The quantitative estimate of drug-likeness (QED) is 0.853. The third-order valence-electron chi connectivity index (χ3n) is 2.13. The predicted octanol–water partition coefficient (Wildman–Crippen LogP) is 0.991. The Labute approximate surface area is 97.4 Å². The first-order valence-electron chi connectivity index (χ1n) is 4.77. The second kappa shape index (κ2) is 5.29. The van der Waals surface area contributed by atoms with Crippen molar-refractivity contribution < 1.29 is 23.8 Å². The monoisotopic (exact) mass is 241 g/mol. The fourth-order valence-electron chi connectivity index (χ4n) is 1.31. The van der Waals surface area contributed by atoms with E-state index in [1.165, 1.54) is 32.4 Å². The molecule has 0 bridgehead atoms. The van der Waals surface area contributed by atoms with Crippen LogP contribution in [0.3, 0.4) is 0 Å². The second-order valence-electron chi connectivity index (χ2n) is 3.38. The van der Waals surface area contributed by atoms with Gasteiger partial charge in [-0.2, -0.15) is 0 Å². The first kappa shape index (κ1) is 13.0. The highest BCUT2D eigenvalue weighted by Crippen LogP contribution is 2.20. The molecule has 5 nitrogen and oxygen atoms in total. The molecule has 0 aliphatic rings. The van der Waals surface area contributed by atoms with Crippen LogP contribution >= 0.6 is 0 Å². The molecule has 0 aromatic heterocycles. The number of likely N-dealkylation sites (N-methyl/N-ethyl adjacent to an activating group) is 1. The van der Waals surface area contributed by atoms with E-state index in [1.54, 1.807) is 0 Å². The minimum absolute atomic E-state index is 0.0559. The number of benzene rings is 1. The molecule has 92 valence electrons. The van der Waals surface area contributed by atoms with Crippen LogP contribution in [0.2, 0.25) is 0 Å². The Bertz CT molecular complexity index is 447. The number of amides is 1. The highest BCUT2D eigenvalue weighted by Gasteiger charge is 2.20. The van der Waals surface area contributed by atoms with E-state index < -0.39 is 24.2 Å². The number of nitrogens with zero attached hydrogens (tertiary/aromatic N) is 1. The van der Waals surface area contributed by atoms with Gasteiger partial charge in [-0.15, -0.1) is 0 Å². The molecule has 1 amide bonds. The molecule has 0 atom stereocenters. The van der Waals surface area contributed by atoms with Crippen molar-refractivity contribution in [2.45, 2.75) is 0 Å². The van der Waals surface area contributed by atoms with Crippen molar-refractivity contribution in [1.29, 1.82) is 0 Å². The lowest BCUT2D eigenvalue weighted by Crippen LogP contribution is -2.32. The number of hydrogen-bond donors (Lipinski definition) is 1. The van der Waals surface area contributed by atoms with Gasteiger partial charge in [0.05, 0.1) is 12.7 Å². The fourth-order valence-corrected chi connectivity index (χ4v) is 1.31. The molecule has 0 aliphatic heterocycles. The highest BCUT2D eigenvalue weighted by molar-refractivity contribution is 5.96. The van der Waals surface area contributed by atoms with Crippen LogP contribution in [0.1, 0.15) is 10.4 Å². The number of carboxylic acids is 1. The number of methoxy groups -OCH3 is 1. The Morgan fingerprint density at radius 3 is 2.65 bits per heavy atom. The number of carbonyl (C=O) groups excluding carboxylic acids is 1. The predicted molar refractivity (Wildman–Crippen MR) is 57.5 cm³/mol. The maximum absolute atomic E-state index is 13.7. The molecule has 0 unspecified atom stereocenters. The number of rotatable bonds is 4. The Morgan fingerprint density at radius 1 is 1.47 bits per heavy atom. The lowest BCUT2D eigenvalue weighted by atomic mass is 10.1. The maximum atomic E-state index is 13.7. The molecule has 0 heterocycles. The molecular formula is C11H12FNO4. The smallest absolute Gasteiger partial charge is 0.323 e. The van der Waals surface area contributed by atoms with Crippen molar-refractivity contribution in [3.05, 3.63) is 29.6 Å². The van der Waals surface area contributed by atoms with Gasteiger partial charge in [0.25, 0.3) is 5.91 Å². The summed E-state index contributed by atoms with van der Waals surface area (Å²) < 4.78 is 18.4. The van der Waals surface area contributed by atoms with Gasteiger partial charge in [-0.1, -0.05) is 6.07 Å². The van der Waals surface area contributed by atoms with Gasteiger partial charge in [0.15, 0.2) is 11.6 Å². The third-order valence-corrected chi connectivity index (χ3v) is 2.13. The van der Waals surface area contributed by atoms with E-state index >= 15 is 0 Å². The molecule has 0 fully saturated rings. The summed E-state index contributed by atoms with van der Waals surface area (Å²) >= 11 is 0. The van der Waals surface area contributed by atoms with Crippen LogP contribution in [0.15, 0.2) is 18.2 Å². The molecule has 1 aromatic carbocycles. The summed E-state index contributed by atoms with van der Waals surface area (Å²) in [6.45, 7) is -0.491. The molecule has 1 N–H and O–H groups in total. The van der Waals surface area contributed by atoms with Gasteiger partial charge in [0, 0.05) is 7.05 Å². The van der Waals surface area contributed by atoms with Crippen LogP contribution in [0.5, 0.6) is 5.75 Å². The zero-order valence-electron chi connectivity index (χ0n) is 9.44. The lowest BCUT2D eigenvalue weighted by Gasteiger charge is -2.15. The van der Waals surface area contributed by atoms with Crippen LogP contribution in [-0.4, -0.2) is 42.6 Å². The van der Waals surface area contributed by atoms with E-state index in [0.29, 0.717) is 0 Å². The highest BCUT2D eigenvalue weighted by atomic mass is 19.1. The molecule has 0 aliphatic carbocycles. The molecule has 1 rings (SSSR count). The van der Waals surface area contributed by atoms with Crippen LogP contribution < -0.4 is 4.74 Å². The zero-order chi connectivity index (χ0) is 13.0. The largest absolute Gasteiger partial charge is 0.494 e. The molecule has 6 heteroatoms. The average Bonchev–Trinajstić information content (AvgIpc) is 2.27. The molecule has 0 spiro atoms. The lowest BCUT2D eigenvalue weighted by molar-refractivity contribution is -0.137. The van der Waals surface area contributed by atoms with Crippen LogP contribution in [0, 0.1) is 5.82 Å². The van der Waals surface area contributed by atoms with Crippen LogP contribution in [0.4, 0.5) is 4.39 Å². The van der Waals surface area contributed by atoms with Crippen molar-refractivity contribution in [2.75, 3.05) is 20.7 Å². The second-order valence-corrected chi connectivity index (χ2v) is 3.38. The summed E-state index contributed by atoms with van der Waals surface area (Å²) in [4.78, 5) is 23.1. The van der Waals surface area contributed by atoms with Gasteiger partial charge in [-0.3, -0.25) is 9.59 Å². The van der Waals surface area contributed by atoms with Gasteiger partial charge < -0.3 is 14.7 Å². The van der Waals surface area contributed by atoms with Gasteiger partial charge in [0.1, 0.15) is 6.54 Å². The SMILES string of the molecule is COc1cccc(C(=O)N(C)CC(=O)O)c1F. The summed E-state index contributed by atoms with van der Waals surface area (Å²) in [6, 6.07) is 4.12. The summed E-state index contributed by atoms with van der Waals surface area (Å²) in [5.41, 5.74) is -0.215. The van der Waals surface area contributed by atoms with Crippen molar-refractivity contribution in [3.8, 4) is 5.75 Å². The van der Waals surface area contributed by atoms with E-state index in [0.717, 1.165) is 4.90 Å². The van der Waals surface area contributed by atoms with Gasteiger partial charge in [-0.25, -0.2) is 4.39 Å². The third kappa shape index (κ3) is 2.93. The fraction of sp³-hybridized carbons (Fsp3) is 0.273. The number of carbonyl (C=O) groups is 2. The molecule has 17 heavy (non-hydrogen) atoms. The van der Waals surface area contributed by atoms with E-state index in [-0.39, 0.29) is 11.3 Å². The Balaban J connectivity index is 3.00. The number of halogens is 1. The molecule has 0 radical (unpaired) electrons. The molecule has 1 aromatic rings. The minimum atomic E-state index is -1.16. The summed E-state index contributed by atoms with van der Waals surface area (Å²) in [7, 11) is 2.57. The number of ether oxygens (including phenoxy) is 1. The maximum Gasteiger partial charge on any atom is 0.323 e. The van der Waals surface area contributed by atoms with Crippen LogP contribution in [0.25, 0.3) is 0 Å². The van der Waals surface area contributed by atoms with Crippen molar-refractivity contribution in [3.63, 3.8) is 0 Å². The number of hydrogen-bond acceptors (Lipinski definition) is 3. The molecular weight excluding hydrogens is 229 g/mol. The number of aliphatic carboxylic acids is 1. The standard InChI is InChI=1S/C11H12FNO4/c1-13(6-9(14)15)11(16)7-4-3-5-8(17-2)10(7)12/h3-5H,6H2,1-2H3,(H,14,15). The molecule has 0 saturated heterocycles. The first-order chi connectivity index (χ1) is 7.97. The van der Waals surface area contributed by atoms with Gasteiger partial charge in [0.2, 0.25) is 0 Å². The Morgan fingerprint density at radius 2 is 2.12 bits per heavy atom. The van der Waals surface area contributed by atoms with Crippen molar-refractivity contribution in [2.24, 2.45) is 0 Å². The van der Waals surface area contributed by atoms with E-state index in [2.05, 4.69) is 0 Å². The van der Waals surface area contributed by atoms with Crippen molar-refractivity contribution in [1.82, 2.24) is 4.90 Å². The average molecular weight is 241 g/mol. The summed E-state index contributed by atoms with van der Waals surface area (Å²) in [5.74, 6) is -2.72. The Kier molecular flexibility index (Phi) is 4.03. The van der Waals surface area contributed by atoms with E-state index in [9.17, 15) is 14.0 Å². The molecule has 0 saturated carbocycles. The normalized spacial score (nSPS) is 9.82. The zero-order valence-corrected chi connectivity index (χ0v) is 9.44. The summed E-state index contributed by atoms with van der Waals surface area (Å²) in [5, 5.41) is 8.54. The number of carboxylic acid groups (broad SMARTS) is 1. The minimum Gasteiger partial charge on any atom is -0.494 e. The van der Waals surface area contributed by atoms with Gasteiger partial charge in [-0.05, 0) is 12.1 Å². The van der Waals surface area contributed by atoms with Crippen molar-refractivity contribution >= 4 is 11.9 Å². The first-order valence-corrected chi connectivity index (χ1v) is 4.77. The van der Waals surface area contributed by atoms with E-state index in [1.807, 2.05) is 0 Å². The Hall–Kier alpha value is -2.11.